The molecule has 0 bridgehead atoms. The highest BCUT2D eigenvalue weighted by molar-refractivity contribution is 6.08. The Kier molecular flexibility index (Phi) is 3.82. The van der Waals surface area contributed by atoms with Gasteiger partial charge in [0.1, 0.15) is 0 Å². The molecule has 1 aliphatic carbocycles. The third kappa shape index (κ3) is 2.73. The summed E-state index contributed by atoms with van der Waals surface area (Å²) in [5.41, 5.74) is 1.58. The number of fused-ring (bicyclic) bond motifs is 1. The molecule has 21 heavy (non-hydrogen) atoms. The van der Waals surface area contributed by atoms with Crippen molar-refractivity contribution in [2.75, 3.05) is 11.4 Å². The van der Waals surface area contributed by atoms with E-state index in [1.807, 2.05) is 30.3 Å². The van der Waals surface area contributed by atoms with Crippen molar-refractivity contribution in [3.63, 3.8) is 0 Å². The minimum atomic E-state index is -0.857. The molecule has 0 saturated heterocycles. The van der Waals surface area contributed by atoms with Crippen LogP contribution >= 0.6 is 0 Å². The smallest absolute Gasteiger partial charge is 0.336 e. The molecule has 0 aromatic heterocycles. The number of benzene rings is 2. The maximum atomic E-state index is 11.4. The van der Waals surface area contributed by atoms with E-state index >= 15 is 0 Å². The monoisotopic (exact) mass is 283 g/mol. The zero-order chi connectivity index (χ0) is 14.8. The number of carboxylic acids is 1. The number of unbranched alkanes of at least 4 members (excludes halogenated alkanes) is 1. The maximum absolute atomic E-state index is 11.4. The Bertz CT molecular complexity index is 661. The van der Waals surface area contributed by atoms with Gasteiger partial charge in [-0.1, -0.05) is 37.6 Å². The first-order valence-corrected chi connectivity index (χ1v) is 7.74. The summed E-state index contributed by atoms with van der Waals surface area (Å²) >= 11 is 0. The number of rotatable bonds is 6. The number of carbonyl (C=O) groups is 1. The Morgan fingerprint density at radius 1 is 1.19 bits per heavy atom. The Labute approximate surface area is 125 Å². The van der Waals surface area contributed by atoms with E-state index in [9.17, 15) is 9.90 Å². The van der Waals surface area contributed by atoms with Crippen molar-refractivity contribution in [2.24, 2.45) is 0 Å². The van der Waals surface area contributed by atoms with Crippen LogP contribution in [0.5, 0.6) is 0 Å². The molecule has 0 aliphatic heterocycles. The molecular formula is C18H21NO2. The van der Waals surface area contributed by atoms with Gasteiger partial charge in [-0.15, -0.1) is 0 Å². The van der Waals surface area contributed by atoms with E-state index in [2.05, 4.69) is 11.8 Å². The highest BCUT2D eigenvalue weighted by Crippen LogP contribution is 2.37. The Morgan fingerprint density at radius 2 is 1.90 bits per heavy atom. The molecule has 0 amide bonds. The van der Waals surface area contributed by atoms with Crippen molar-refractivity contribution in [3.05, 3.63) is 42.0 Å². The minimum Gasteiger partial charge on any atom is -0.478 e. The fourth-order valence-corrected chi connectivity index (χ4v) is 2.93. The Hall–Kier alpha value is -2.03. The molecule has 1 aliphatic rings. The number of hydrogen-bond donors (Lipinski definition) is 1. The summed E-state index contributed by atoms with van der Waals surface area (Å²) in [7, 11) is 0. The van der Waals surface area contributed by atoms with Crippen LogP contribution in [0.15, 0.2) is 36.4 Å². The van der Waals surface area contributed by atoms with Crippen molar-refractivity contribution in [1.82, 2.24) is 0 Å². The van der Waals surface area contributed by atoms with Crippen molar-refractivity contribution in [3.8, 4) is 0 Å². The second-order valence-corrected chi connectivity index (χ2v) is 5.76. The molecule has 3 heteroatoms. The quantitative estimate of drug-likeness (QED) is 0.859. The van der Waals surface area contributed by atoms with Crippen LogP contribution in [-0.4, -0.2) is 23.7 Å². The molecule has 0 heterocycles. The molecule has 110 valence electrons. The second kappa shape index (κ2) is 5.76. The third-order valence-electron chi connectivity index (χ3n) is 4.18. The molecule has 0 radical (unpaired) electrons. The molecule has 0 unspecified atom stereocenters. The average molecular weight is 283 g/mol. The number of anilines is 1. The molecular weight excluding hydrogens is 262 g/mol. The molecule has 0 spiro atoms. The number of nitrogens with zero attached hydrogens (tertiary/aromatic N) is 1. The summed E-state index contributed by atoms with van der Waals surface area (Å²) in [6.07, 6.45) is 4.84. The van der Waals surface area contributed by atoms with Crippen molar-refractivity contribution in [1.29, 1.82) is 0 Å². The summed E-state index contributed by atoms with van der Waals surface area (Å²) < 4.78 is 0. The van der Waals surface area contributed by atoms with Crippen LogP contribution < -0.4 is 4.90 Å². The van der Waals surface area contributed by atoms with Gasteiger partial charge in [0.05, 0.1) is 5.56 Å². The van der Waals surface area contributed by atoms with Gasteiger partial charge in [-0.25, -0.2) is 4.79 Å². The second-order valence-electron chi connectivity index (χ2n) is 5.76. The van der Waals surface area contributed by atoms with Gasteiger partial charge in [-0.2, -0.15) is 0 Å². The van der Waals surface area contributed by atoms with E-state index in [0.29, 0.717) is 11.6 Å². The summed E-state index contributed by atoms with van der Waals surface area (Å²) in [5, 5.41) is 11.3. The fourth-order valence-electron chi connectivity index (χ4n) is 2.93. The highest BCUT2D eigenvalue weighted by atomic mass is 16.4. The van der Waals surface area contributed by atoms with Gasteiger partial charge < -0.3 is 10.0 Å². The van der Waals surface area contributed by atoms with E-state index in [-0.39, 0.29) is 0 Å². The SMILES string of the molecule is CCCCN(c1ccc(C(=O)O)c2ccccc12)C1CC1. The van der Waals surface area contributed by atoms with Gasteiger partial charge in [0.15, 0.2) is 0 Å². The fraction of sp³-hybridized carbons (Fsp3) is 0.389. The summed E-state index contributed by atoms with van der Waals surface area (Å²) in [4.78, 5) is 13.9. The highest BCUT2D eigenvalue weighted by Gasteiger charge is 2.30. The van der Waals surface area contributed by atoms with Crippen LogP contribution in [0.1, 0.15) is 43.0 Å². The first-order valence-electron chi connectivity index (χ1n) is 7.74. The Balaban J connectivity index is 2.09. The van der Waals surface area contributed by atoms with Crippen LogP contribution in [0.25, 0.3) is 10.8 Å². The van der Waals surface area contributed by atoms with E-state index in [1.54, 1.807) is 6.07 Å². The molecule has 1 N–H and O–H groups in total. The molecule has 2 aromatic rings. The predicted octanol–water partition coefficient (Wildman–Crippen LogP) is 4.31. The standard InChI is InChI=1S/C18H21NO2/c1-2-3-12-19(13-8-9-13)17-11-10-16(18(20)21)14-6-4-5-7-15(14)17/h4-7,10-11,13H,2-3,8-9,12H2,1H3,(H,20,21). The maximum Gasteiger partial charge on any atom is 0.336 e. The van der Waals surface area contributed by atoms with Gasteiger partial charge in [0.2, 0.25) is 0 Å². The molecule has 3 nitrogen and oxygen atoms in total. The number of aromatic carboxylic acids is 1. The lowest BCUT2D eigenvalue weighted by Crippen LogP contribution is -2.27. The summed E-state index contributed by atoms with van der Waals surface area (Å²) in [6.45, 7) is 3.26. The van der Waals surface area contributed by atoms with Crippen LogP contribution in [0.2, 0.25) is 0 Å². The molecule has 0 atom stereocenters. The molecule has 1 saturated carbocycles. The van der Waals surface area contributed by atoms with E-state index < -0.39 is 5.97 Å². The van der Waals surface area contributed by atoms with Crippen molar-refractivity contribution < 1.29 is 9.90 Å². The lowest BCUT2D eigenvalue weighted by molar-refractivity contribution is 0.0699. The zero-order valence-electron chi connectivity index (χ0n) is 12.4. The van der Waals surface area contributed by atoms with Crippen LogP contribution in [0, 0.1) is 0 Å². The lowest BCUT2D eigenvalue weighted by atomic mass is 10.0. The van der Waals surface area contributed by atoms with Gasteiger partial charge in [0, 0.05) is 23.7 Å². The Morgan fingerprint density at radius 3 is 2.52 bits per heavy atom. The topological polar surface area (TPSA) is 40.5 Å². The zero-order valence-corrected chi connectivity index (χ0v) is 12.4. The summed E-state index contributed by atoms with van der Waals surface area (Å²) in [6, 6.07) is 12.2. The predicted molar refractivity (Wildman–Crippen MR) is 86.2 cm³/mol. The van der Waals surface area contributed by atoms with Crippen LogP contribution in [-0.2, 0) is 0 Å². The third-order valence-corrected chi connectivity index (χ3v) is 4.18. The van der Waals surface area contributed by atoms with Gasteiger partial charge >= 0.3 is 5.97 Å². The normalized spacial score (nSPS) is 14.3. The lowest BCUT2D eigenvalue weighted by Gasteiger charge is -2.26. The van der Waals surface area contributed by atoms with Crippen molar-refractivity contribution >= 4 is 22.4 Å². The first-order chi connectivity index (χ1) is 10.2. The first kappa shape index (κ1) is 13.9. The van der Waals surface area contributed by atoms with Gasteiger partial charge in [0.25, 0.3) is 0 Å². The molecule has 3 rings (SSSR count). The molecule has 1 fully saturated rings. The number of carboxylic acid groups (broad SMARTS) is 1. The number of hydrogen-bond acceptors (Lipinski definition) is 2. The van der Waals surface area contributed by atoms with E-state index in [0.717, 1.165) is 17.3 Å². The van der Waals surface area contributed by atoms with Gasteiger partial charge in [-0.05, 0) is 36.8 Å². The molecule has 2 aromatic carbocycles. The summed E-state index contributed by atoms with van der Waals surface area (Å²) in [5.74, 6) is -0.857. The largest absolute Gasteiger partial charge is 0.478 e. The average Bonchev–Trinajstić information content (AvgIpc) is 3.32. The van der Waals surface area contributed by atoms with Gasteiger partial charge in [-0.3, -0.25) is 0 Å². The minimum absolute atomic E-state index is 0.389. The van der Waals surface area contributed by atoms with Crippen molar-refractivity contribution in [2.45, 2.75) is 38.6 Å². The van der Waals surface area contributed by atoms with E-state index in [1.165, 1.54) is 31.4 Å². The van der Waals surface area contributed by atoms with Crippen LogP contribution in [0.4, 0.5) is 5.69 Å². The van der Waals surface area contributed by atoms with E-state index in [4.69, 9.17) is 0 Å². The van der Waals surface area contributed by atoms with Crippen LogP contribution in [0.3, 0.4) is 0 Å².